The van der Waals surface area contributed by atoms with Crippen LogP contribution in [0.2, 0.25) is 6.04 Å². The molecule has 0 saturated carbocycles. The number of ketones is 1. The Kier molecular flexibility index (Phi) is 6.21. The Morgan fingerprint density at radius 1 is 1.06 bits per heavy atom. The molecule has 1 aromatic rings. The van der Waals surface area contributed by atoms with E-state index in [0.29, 0.717) is 18.9 Å². The fourth-order valence-electron chi connectivity index (χ4n) is 1.79. The molecule has 0 fully saturated rings. The molecule has 18 heavy (non-hydrogen) atoms. The summed E-state index contributed by atoms with van der Waals surface area (Å²) >= 11 is 0. The van der Waals surface area contributed by atoms with Gasteiger partial charge in [0, 0.05) is 39.4 Å². The molecule has 0 radical (unpaired) electrons. The quantitative estimate of drug-likeness (QED) is 0.537. The van der Waals surface area contributed by atoms with Gasteiger partial charge in [0.2, 0.25) is 0 Å². The molecule has 0 amide bonds. The number of hydrogen-bond donors (Lipinski definition) is 0. The minimum atomic E-state index is -2.54. The molecule has 0 aliphatic carbocycles. The normalized spacial score (nSPS) is 11.5. The van der Waals surface area contributed by atoms with Gasteiger partial charge in [0.15, 0.2) is 5.78 Å². The van der Waals surface area contributed by atoms with Gasteiger partial charge >= 0.3 is 8.80 Å². The summed E-state index contributed by atoms with van der Waals surface area (Å²) in [5, 5.41) is 0. The van der Waals surface area contributed by atoms with E-state index in [0.717, 1.165) is 5.56 Å². The van der Waals surface area contributed by atoms with Crippen molar-refractivity contribution in [2.45, 2.75) is 18.9 Å². The van der Waals surface area contributed by atoms with Crippen molar-refractivity contribution < 1.29 is 18.1 Å². The topological polar surface area (TPSA) is 44.8 Å². The third-order valence-electron chi connectivity index (χ3n) is 2.92. The van der Waals surface area contributed by atoms with Crippen molar-refractivity contribution in [3.05, 3.63) is 35.9 Å². The van der Waals surface area contributed by atoms with Crippen LogP contribution in [-0.4, -0.2) is 35.9 Å². The van der Waals surface area contributed by atoms with Gasteiger partial charge in [-0.05, 0) is 6.42 Å². The zero-order valence-corrected chi connectivity index (χ0v) is 12.1. The molecule has 1 aromatic carbocycles. The molecule has 0 aromatic heterocycles. The molecular weight excluding hydrogens is 248 g/mol. The highest BCUT2D eigenvalue weighted by Crippen LogP contribution is 2.17. The maximum absolute atomic E-state index is 11.9. The molecule has 0 aliphatic heterocycles. The van der Waals surface area contributed by atoms with E-state index in [4.69, 9.17) is 13.3 Å². The van der Waals surface area contributed by atoms with Gasteiger partial charge in [-0.1, -0.05) is 30.3 Å². The van der Waals surface area contributed by atoms with Crippen LogP contribution in [0.3, 0.4) is 0 Å². The van der Waals surface area contributed by atoms with E-state index in [1.807, 2.05) is 30.3 Å². The van der Waals surface area contributed by atoms with Gasteiger partial charge in [-0.3, -0.25) is 4.79 Å². The standard InChI is InChI=1S/C13H20O4Si/c1-15-18(16-2,17-3)11-7-10-13(14)12-8-5-4-6-9-12/h4-6,8-9H,7,10-11H2,1-3H3. The summed E-state index contributed by atoms with van der Waals surface area (Å²) in [6, 6.07) is 9.94. The highest BCUT2D eigenvalue weighted by atomic mass is 28.4. The monoisotopic (exact) mass is 268 g/mol. The fraction of sp³-hybridized carbons (Fsp3) is 0.462. The summed E-state index contributed by atoms with van der Waals surface area (Å²) < 4.78 is 15.9. The van der Waals surface area contributed by atoms with Gasteiger partial charge < -0.3 is 13.3 Å². The predicted molar refractivity (Wildman–Crippen MR) is 71.6 cm³/mol. The van der Waals surface area contributed by atoms with Crippen LogP contribution in [0.15, 0.2) is 30.3 Å². The van der Waals surface area contributed by atoms with Crippen LogP contribution in [0.4, 0.5) is 0 Å². The predicted octanol–water partition coefficient (Wildman–Crippen LogP) is 2.53. The average molecular weight is 268 g/mol. The zero-order chi connectivity index (χ0) is 13.4. The molecule has 0 bridgehead atoms. The zero-order valence-electron chi connectivity index (χ0n) is 11.1. The van der Waals surface area contributed by atoms with Gasteiger partial charge in [0.05, 0.1) is 0 Å². The SMILES string of the molecule is CO[Si](CCCC(=O)c1ccccc1)(OC)OC. The van der Waals surface area contributed by atoms with Crippen molar-refractivity contribution in [3.8, 4) is 0 Å². The van der Waals surface area contributed by atoms with E-state index in [1.54, 1.807) is 21.3 Å². The summed E-state index contributed by atoms with van der Waals surface area (Å²) in [5.41, 5.74) is 0.747. The molecule has 0 aliphatic rings. The summed E-state index contributed by atoms with van der Waals surface area (Å²) in [6.45, 7) is 0. The lowest BCUT2D eigenvalue weighted by Crippen LogP contribution is -2.42. The van der Waals surface area contributed by atoms with E-state index in [9.17, 15) is 4.79 Å². The summed E-state index contributed by atoms with van der Waals surface area (Å²) in [7, 11) is 2.21. The first-order valence-corrected chi connectivity index (χ1v) is 7.84. The molecule has 100 valence electrons. The third kappa shape index (κ3) is 4.03. The fourth-order valence-corrected chi connectivity index (χ4v) is 3.51. The molecular formula is C13H20O4Si. The van der Waals surface area contributed by atoms with Gasteiger partial charge in [-0.2, -0.15) is 0 Å². The lowest BCUT2D eigenvalue weighted by Gasteiger charge is -2.24. The number of carbonyl (C=O) groups excluding carboxylic acids is 1. The molecule has 0 heterocycles. The maximum Gasteiger partial charge on any atom is 0.500 e. The van der Waals surface area contributed by atoms with E-state index in [1.165, 1.54) is 0 Å². The van der Waals surface area contributed by atoms with Crippen LogP contribution >= 0.6 is 0 Å². The minimum Gasteiger partial charge on any atom is -0.377 e. The van der Waals surface area contributed by atoms with Crippen LogP contribution < -0.4 is 0 Å². The number of rotatable bonds is 8. The van der Waals surface area contributed by atoms with Crippen LogP contribution in [0.5, 0.6) is 0 Å². The Balaban J connectivity index is 2.44. The van der Waals surface area contributed by atoms with Crippen LogP contribution in [0.1, 0.15) is 23.2 Å². The number of benzene rings is 1. The third-order valence-corrected chi connectivity index (χ3v) is 5.75. The van der Waals surface area contributed by atoms with Crippen molar-refractivity contribution in [2.75, 3.05) is 21.3 Å². The second-order valence-corrected chi connectivity index (χ2v) is 7.03. The Morgan fingerprint density at radius 2 is 1.61 bits per heavy atom. The Bertz CT molecular complexity index is 354. The molecule has 4 nitrogen and oxygen atoms in total. The van der Waals surface area contributed by atoms with Gasteiger partial charge in [0.25, 0.3) is 0 Å². The van der Waals surface area contributed by atoms with E-state index >= 15 is 0 Å². The van der Waals surface area contributed by atoms with Crippen LogP contribution in [0.25, 0.3) is 0 Å². The van der Waals surface area contributed by atoms with E-state index < -0.39 is 8.80 Å². The summed E-state index contributed by atoms with van der Waals surface area (Å²) in [5.74, 6) is 0.141. The van der Waals surface area contributed by atoms with Crippen molar-refractivity contribution in [2.24, 2.45) is 0 Å². The van der Waals surface area contributed by atoms with Crippen LogP contribution in [0, 0.1) is 0 Å². The van der Waals surface area contributed by atoms with Crippen molar-refractivity contribution >= 4 is 14.6 Å². The minimum absolute atomic E-state index is 0.141. The first-order valence-electron chi connectivity index (χ1n) is 5.91. The molecule has 0 atom stereocenters. The second-order valence-electron chi connectivity index (χ2n) is 3.94. The highest BCUT2D eigenvalue weighted by Gasteiger charge is 2.37. The van der Waals surface area contributed by atoms with E-state index in [2.05, 4.69) is 0 Å². The van der Waals surface area contributed by atoms with Gasteiger partial charge in [0.1, 0.15) is 0 Å². The summed E-state index contributed by atoms with van der Waals surface area (Å²) in [6.07, 6.45) is 1.18. The Morgan fingerprint density at radius 3 is 2.11 bits per heavy atom. The maximum atomic E-state index is 11.9. The average Bonchev–Trinajstić information content (AvgIpc) is 2.45. The molecule has 1 rings (SSSR count). The largest absolute Gasteiger partial charge is 0.500 e. The van der Waals surface area contributed by atoms with Crippen molar-refractivity contribution in [3.63, 3.8) is 0 Å². The first-order chi connectivity index (χ1) is 8.67. The molecule has 5 heteroatoms. The summed E-state index contributed by atoms with van der Waals surface area (Å²) in [4.78, 5) is 11.9. The molecule has 0 unspecified atom stereocenters. The van der Waals surface area contributed by atoms with Crippen molar-refractivity contribution in [1.29, 1.82) is 0 Å². The molecule has 0 saturated heterocycles. The van der Waals surface area contributed by atoms with Gasteiger partial charge in [-0.15, -0.1) is 0 Å². The number of Topliss-reactive ketones (excluding diaryl/α,β-unsaturated/α-hetero) is 1. The lowest BCUT2D eigenvalue weighted by atomic mass is 10.1. The second kappa shape index (κ2) is 7.43. The molecule has 0 spiro atoms. The molecule has 0 N–H and O–H groups in total. The van der Waals surface area contributed by atoms with E-state index in [-0.39, 0.29) is 5.78 Å². The highest BCUT2D eigenvalue weighted by molar-refractivity contribution is 6.60. The van der Waals surface area contributed by atoms with Gasteiger partial charge in [-0.25, -0.2) is 0 Å². The Hall–Kier alpha value is -1.01. The Labute approximate surface area is 109 Å². The first kappa shape index (κ1) is 15.0. The number of carbonyl (C=O) groups is 1. The number of hydrogen-bond acceptors (Lipinski definition) is 4. The smallest absolute Gasteiger partial charge is 0.377 e. The van der Waals surface area contributed by atoms with Crippen molar-refractivity contribution in [1.82, 2.24) is 0 Å². The van der Waals surface area contributed by atoms with Crippen LogP contribution in [-0.2, 0) is 13.3 Å². The lowest BCUT2D eigenvalue weighted by molar-refractivity contribution is 0.0974.